The SMILES string of the molecule is c1ccc(-c2cc(-c3ccccc3)nc(-c3ccc(-c4cc(-c5cccc6ccccc56)nc5c4cc(-c4cccc6ccccc46)c4ccccc45)cc3)n2)cc1.c1ccc(-c2nc(-c3ccccc3)nc(-c3ccc(-c4cc(-c5cccc6ccccc56)nc5c4cc(-c4cccc6ccccc46)c4ccccc45)cc3)n2)cc1. The van der Waals surface area contributed by atoms with Gasteiger partial charge in [0.2, 0.25) is 0 Å². The highest BCUT2D eigenvalue weighted by Gasteiger charge is 2.23. The monoisotopic (exact) mass is 1480 g/mol. The van der Waals surface area contributed by atoms with Crippen molar-refractivity contribution in [1.82, 2.24) is 34.9 Å². The Labute approximate surface area is 670 Å². The first-order valence-electron chi connectivity index (χ1n) is 39.2. The molecule has 540 valence electrons. The molecule has 0 saturated carbocycles. The van der Waals surface area contributed by atoms with E-state index in [2.05, 4.69) is 346 Å². The molecule has 22 aromatic rings. The maximum Gasteiger partial charge on any atom is 0.164 e. The fraction of sp³-hybridized carbons (Fsp3) is 0. The molecule has 18 aromatic carbocycles. The molecule has 0 N–H and O–H groups in total. The van der Waals surface area contributed by atoms with Crippen molar-refractivity contribution in [2.24, 2.45) is 0 Å². The molecule has 0 amide bonds. The van der Waals surface area contributed by atoms with E-state index in [0.29, 0.717) is 23.3 Å². The number of benzene rings is 18. The second-order valence-electron chi connectivity index (χ2n) is 29.3. The number of fused-ring (bicyclic) bond motifs is 10. The average molecular weight is 1480 g/mol. The predicted octanol–water partition coefficient (Wildman–Crippen LogP) is 28.4. The molecule has 22 rings (SSSR count). The molecular weight excluding hydrogens is 1410 g/mol. The molecular formula is C109H69N7. The Morgan fingerprint density at radius 2 is 0.379 bits per heavy atom. The first kappa shape index (κ1) is 68.5. The smallest absolute Gasteiger partial charge is 0.164 e. The number of hydrogen-bond acceptors (Lipinski definition) is 7. The summed E-state index contributed by atoms with van der Waals surface area (Å²) in [5.74, 6) is 2.59. The molecule has 0 fully saturated rings. The van der Waals surface area contributed by atoms with Gasteiger partial charge in [-0.3, -0.25) is 0 Å². The van der Waals surface area contributed by atoms with Crippen LogP contribution in [0.4, 0.5) is 0 Å². The minimum absolute atomic E-state index is 0.625. The van der Waals surface area contributed by atoms with Gasteiger partial charge in [-0.25, -0.2) is 34.9 Å². The molecule has 4 heterocycles. The largest absolute Gasteiger partial charge is 0.247 e. The van der Waals surface area contributed by atoms with Gasteiger partial charge in [0.1, 0.15) is 0 Å². The highest BCUT2D eigenvalue weighted by molar-refractivity contribution is 6.20. The van der Waals surface area contributed by atoms with Gasteiger partial charge < -0.3 is 0 Å². The van der Waals surface area contributed by atoms with Crippen LogP contribution in [-0.2, 0) is 0 Å². The lowest BCUT2D eigenvalue weighted by Crippen LogP contribution is -2.00. The zero-order chi connectivity index (χ0) is 76.8. The lowest BCUT2D eigenvalue weighted by Gasteiger charge is -2.17. The molecule has 0 radical (unpaired) electrons. The molecule has 0 bridgehead atoms. The highest BCUT2D eigenvalue weighted by atomic mass is 15.0. The summed E-state index contributed by atoms with van der Waals surface area (Å²) in [6.45, 7) is 0. The van der Waals surface area contributed by atoms with Gasteiger partial charge >= 0.3 is 0 Å². The van der Waals surface area contributed by atoms with Crippen molar-refractivity contribution in [3.05, 3.63) is 419 Å². The zero-order valence-electron chi connectivity index (χ0n) is 63.0. The van der Waals surface area contributed by atoms with Gasteiger partial charge in [-0.05, 0) is 129 Å². The Hall–Kier alpha value is -15.6. The molecule has 0 aliphatic heterocycles. The van der Waals surface area contributed by atoms with E-state index >= 15 is 0 Å². The Morgan fingerprint density at radius 3 is 0.733 bits per heavy atom. The first-order valence-corrected chi connectivity index (χ1v) is 39.2. The van der Waals surface area contributed by atoms with Crippen molar-refractivity contribution >= 4 is 86.4 Å². The summed E-state index contributed by atoms with van der Waals surface area (Å²) in [4.78, 5) is 36.2. The van der Waals surface area contributed by atoms with Crippen molar-refractivity contribution in [1.29, 1.82) is 0 Å². The van der Waals surface area contributed by atoms with Crippen molar-refractivity contribution in [3.8, 4) is 135 Å². The van der Waals surface area contributed by atoms with Gasteiger partial charge in [0.05, 0.1) is 33.8 Å². The predicted molar refractivity (Wildman–Crippen MR) is 483 cm³/mol. The second kappa shape index (κ2) is 29.6. The molecule has 0 aliphatic rings. The van der Waals surface area contributed by atoms with Crippen LogP contribution in [0.2, 0.25) is 0 Å². The van der Waals surface area contributed by atoms with Crippen LogP contribution >= 0.6 is 0 Å². The Morgan fingerprint density at radius 1 is 0.121 bits per heavy atom. The quantitative estimate of drug-likeness (QED) is 0.113. The van der Waals surface area contributed by atoms with Gasteiger partial charge in [0, 0.05) is 66.1 Å². The minimum Gasteiger partial charge on any atom is -0.247 e. The molecule has 7 nitrogen and oxygen atoms in total. The highest BCUT2D eigenvalue weighted by Crippen LogP contribution is 2.46. The molecule has 0 unspecified atom stereocenters. The summed E-state index contributed by atoms with van der Waals surface area (Å²) in [5, 5.41) is 16.4. The van der Waals surface area contributed by atoms with Crippen molar-refractivity contribution in [2.45, 2.75) is 0 Å². The fourth-order valence-electron chi connectivity index (χ4n) is 16.7. The summed E-state index contributed by atoms with van der Waals surface area (Å²) < 4.78 is 0. The lowest BCUT2D eigenvalue weighted by atomic mass is 9.89. The number of rotatable bonds is 12. The molecule has 0 spiro atoms. The van der Waals surface area contributed by atoms with Crippen LogP contribution in [0.3, 0.4) is 0 Å². The summed E-state index contributed by atoms with van der Waals surface area (Å²) >= 11 is 0. The minimum atomic E-state index is 0.625. The van der Waals surface area contributed by atoms with Gasteiger partial charge in [0.25, 0.3) is 0 Å². The summed E-state index contributed by atoms with van der Waals surface area (Å²) in [7, 11) is 0. The average Bonchev–Trinajstić information content (AvgIpc) is 0.735. The van der Waals surface area contributed by atoms with Crippen LogP contribution in [0.5, 0.6) is 0 Å². The first-order chi connectivity index (χ1) is 57.5. The molecule has 0 aliphatic carbocycles. The number of pyridine rings is 2. The van der Waals surface area contributed by atoms with Crippen LogP contribution in [0, 0.1) is 0 Å². The number of aromatic nitrogens is 7. The van der Waals surface area contributed by atoms with Gasteiger partial charge in [-0.1, -0.05) is 388 Å². The van der Waals surface area contributed by atoms with Gasteiger partial charge in [-0.15, -0.1) is 0 Å². The van der Waals surface area contributed by atoms with Gasteiger partial charge in [0.15, 0.2) is 23.3 Å². The van der Waals surface area contributed by atoms with Crippen LogP contribution < -0.4 is 0 Å². The van der Waals surface area contributed by atoms with Crippen LogP contribution in [0.15, 0.2) is 419 Å². The topological polar surface area (TPSA) is 90.2 Å². The third-order valence-corrected chi connectivity index (χ3v) is 22.4. The Bertz CT molecular complexity index is 6960. The second-order valence-corrected chi connectivity index (χ2v) is 29.3. The number of nitrogens with zero attached hydrogens (tertiary/aromatic N) is 7. The van der Waals surface area contributed by atoms with Crippen molar-refractivity contribution in [2.75, 3.05) is 0 Å². The van der Waals surface area contributed by atoms with Crippen molar-refractivity contribution in [3.63, 3.8) is 0 Å². The molecule has 7 heteroatoms. The van der Waals surface area contributed by atoms with Crippen LogP contribution in [-0.4, -0.2) is 34.9 Å². The molecule has 0 saturated heterocycles. The summed E-state index contributed by atoms with van der Waals surface area (Å²) in [6.07, 6.45) is 0. The van der Waals surface area contributed by atoms with E-state index in [9.17, 15) is 0 Å². The van der Waals surface area contributed by atoms with E-state index in [4.69, 9.17) is 34.9 Å². The molecule has 116 heavy (non-hydrogen) atoms. The van der Waals surface area contributed by atoms with E-state index in [-0.39, 0.29) is 0 Å². The zero-order valence-corrected chi connectivity index (χ0v) is 63.0. The van der Waals surface area contributed by atoms with E-state index < -0.39 is 0 Å². The lowest BCUT2D eigenvalue weighted by molar-refractivity contribution is 1.07. The third kappa shape index (κ3) is 12.8. The van der Waals surface area contributed by atoms with Crippen LogP contribution in [0.1, 0.15) is 0 Å². The molecule has 0 atom stereocenters. The van der Waals surface area contributed by atoms with Crippen molar-refractivity contribution < 1.29 is 0 Å². The number of hydrogen-bond donors (Lipinski definition) is 0. The Balaban J connectivity index is 0.000000145. The molecule has 4 aromatic heterocycles. The van der Waals surface area contributed by atoms with E-state index in [0.717, 1.165) is 122 Å². The summed E-state index contributed by atoms with van der Waals surface area (Å²) in [6, 6.07) is 148. The third-order valence-electron chi connectivity index (χ3n) is 22.4. The van der Waals surface area contributed by atoms with E-state index in [1.807, 2.05) is 72.8 Å². The fourth-order valence-corrected chi connectivity index (χ4v) is 16.7. The van der Waals surface area contributed by atoms with Gasteiger partial charge in [-0.2, -0.15) is 0 Å². The maximum absolute atomic E-state index is 5.53. The standard InChI is InChI=1S/C55H35N3.C54H34N4/c1-3-17-39(18-4-1)51-35-52(40-19-5-2-6-20-40)58-55(57-51)41-31-29-38(30-32-41)48-34-53(46-28-14-22-37-16-8-10-24-43(37)46)56-54-47-26-12-11-25-45(47)49(33-50(48)54)44-27-13-21-36-15-7-9-23-42(36)44;1-3-17-38(18-4-1)52-56-53(39-19-5-2-6-20-39)58-54(57-52)40-31-29-37(30-32-40)47-34-50(45-28-14-22-36-16-8-10-24-42(36)45)55-51-46-26-12-11-25-44(46)48(33-49(47)51)43-27-13-21-35-15-7-9-23-41(35)43/h1-35H;1-34H. The Kier molecular flexibility index (Phi) is 17.5. The normalized spacial score (nSPS) is 11.4. The van der Waals surface area contributed by atoms with E-state index in [1.54, 1.807) is 0 Å². The summed E-state index contributed by atoms with van der Waals surface area (Å²) in [5.41, 5.74) is 22.9. The van der Waals surface area contributed by atoms with Crippen LogP contribution in [0.25, 0.3) is 222 Å². The maximum atomic E-state index is 5.53. The van der Waals surface area contributed by atoms with E-state index in [1.165, 1.54) is 76.1 Å².